The van der Waals surface area contributed by atoms with E-state index in [-0.39, 0.29) is 20.2 Å². The first-order chi connectivity index (χ1) is 16.6. The van der Waals surface area contributed by atoms with E-state index in [2.05, 4.69) is 130 Å². The Morgan fingerprint density at radius 1 is 0.757 bits per heavy atom. The minimum Gasteiger partial charge on any atom is -1.00 e. The first-order valence-electron chi connectivity index (χ1n) is 13.0. The molecule has 0 radical (unpaired) electrons. The third-order valence-electron chi connectivity index (χ3n) is 7.60. The van der Waals surface area contributed by atoms with Crippen LogP contribution in [0.1, 0.15) is 79.4 Å². The van der Waals surface area contributed by atoms with Crippen LogP contribution in [0.15, 0.2) is 88.2 Å². The Hall–Kier alpha value is -2.25. The van der Waals surface area contributed by atoms with E-state index in [4.69, 9.17) is 0 Å². The maximum Gasteiger partial charge on any atom is -1.00 e. The van der Waals surface area contributed by atoms with Crippen molar-refractivity contribution in [1.82, 2.24) is 0 Å². The van der Waals surface area contributed by atoms with Crippen LogP contribution in [0, 0.1) is 0 Å². The van der Waals surface area contributed by atoms with Gasteiger partial charge in [-0.2, -0.15) is 0 Å². The van der Waals surface area contributed by atoms with Crippen molar-refractivity contribution in [3.63, 3.8) is 0 Å². The fourth-order valence-corrected chi connectivity index (χ4v) is 13.1. The molecule has 2 aliphatic rings. The maximum absolute atomic E-state index is 2.79. The third kappa shape index (κ3) is 5.93. The molecule has 0 aromatic heterocycles. The van der Waals surface area contributed by atoms with E-state index in [1.807, 2.05) is 0 Å². The minimum atomic E-state index is -2.22. The minimum absolute atomic E-state index is 0. The fourth-order valence-electron chi connectivity index (χ4n) is 5.47. The number of halogens is 2. The molecule has 3 aromatic rings. The van der Waals surface area contributed by atoms with Gasteiger partial charge >= 0.3 is 221 Å². The van der Waals surface area contributed by atoms with E-state index in [0.717, 1.165) is 12.8 Å². The zero-order chi connectivity index (χ0) is 24.8. The number of rotatable bonds is 4. The molecule has 5 rings (SSSR count). The second kappa shape index (κ2) is 11.2. The van der Waals surface area contributed by atoms with E-state index < -0.39 is 21.3 Å². The van der Waals surface area contributed by atoms with Gasteiger partial charge in [0.05, 0.1) is 0 Å². The Morgan fingerprint density at radius 3 is 1.76 bits per heavy atom. The van der Waals surface area contributed by atoms with Gasteiger partial charge in [-0.05, 0) is 0 Å². The van der Waals surface area contributed by atoms with Crippen molar-refractivity contribution in [3.05, 3.63) is 116 Å². The largest absolute Gasteiger partial charge is 1.00 e. The van der Waals surface area contributed by atoms with Gasteiger partial charge in [0.1, 0.15) is 0 Å². The molecule has 0 unspecified atom stereocenters. The molecule has 0 saturated heterocycles. The van der Waals surface area contributed by atoms with Gasteiger partial charge in [0.25, 0.3) is 0 Å². The van der Waals surface area contributed by atoms with Gasteiger partial charge < -0.3 is 9.41 Å². The zero-order valence-electron chi connectivity index (χ0n) is 22.9. The molecule has 3 aromatic carbocycles. The van der Waals surface area contributed by atoms with E-state index >= 15 is 0 Å². The number of fused-ring (bicyclic) bond motifs is 3. The second-order valence-corrected chi connectivity index (χ2v) is 18.5. The predicted molar refractivity (Wildman–Crippen MR) is 149 cm³/mol. The Bertz CT molecular complexity index is 1290. The monoisotopic (exact) mass is 574 g/mol. The molecule has 3 heteroatoms. The SMILES string of the molecule is CC(C)(C)c1ccc2c(c1)[CH]([Zr+2](=[CH]Cc1ccccc1)[C]1=CC=CC1)c1cc(C(C)(C)C)ccc1-2.[F-].[F-]. The van der Waals surface area contributed by atoms with Gasteiger partial charge in [0.15, 0.2) is 0 Å². The second-order valence-electron chi connectivity index (χ2n) is 12.2. The number of benzene rings is 3. The van der Waals surface area contributed by atoms with Crippen molar-refractivity contribution in [3.8, 4) is 11.1 Å². The van der Waals surface area contributed by atoms with Crippen LogP contribution in [0.3, 0.4) is 0 Å². The Morgan fingerprint density at radius 2 is 1.30 bits per heavy atom. The summed E-state index contributed by atoms with van der Waals surface area (Å²) in [5.74, 6) is 0. The molecule has 0 heterocycles. The first-order valence-corrected chi connectivity index (χ1v) is 17.1. The number of hydrogen-bond donors (Lipinski definition) is 0. The average molecular weight is 576 g/mol. The van der Waals surface area contributed by atoms with Gasteiger partial charge in [-0.25, -0.2) is 0 Å². The molecule has 0 fully saturated rings. The van der Waals surface area contributed by atoms with Crippen LogP contribution in [0.5, 0.6) is 0 Å². The molecule has 0 atom stereocenters. The van der Waals surface area contributed by atoms with Crippen LogP contribution in [0.4, 0.5) is 0 Å². The summed E-state index contributed by atoms with van der Waals surface area (Å²) in [6, 6.07) is 25.8. The number of allylic oxidation sites excluding steroid dienone is 4. The molecule has 0 amide bonds. The summed E-state index contributed by atoms with van der Waals surface area (Å²) in [5.41, 5.74) is 10.8. The molecule has 192 valence electrons. The summed E-state index contributed by atoms with van der Waals surface area (Å²) < 4.78 is 5.06. The van der Waals surface area contributed by atoms with Crippen molar-refractivity contribution in [2.24, 2.45) is 0 Å². The molecule has 2 aliphatic carbocycles. The molecule has 0 aliphatic heterocycles. The van der Waals surface area contributed by atoms with Gasteiger partial charge in [-0.1, -0.05) is 0 Å². The van der Waals surface area contributed by atoms with Crippen LogP contribution in [0.2, 0.25) is 0 Å². The normalized spacial score (nSPS) is 14.5. The van der Waals surface area contributed by atoms with Crippen LogP contribution in [0.25, 0.3) is 11.1 Å². The third-order valence-corrected chi connectivity index (χ3v) is 15.0. The molecule has 0 bridgehead atoms. The summed E-state index contributed by atoms with van der Waals surface area (Å²) in [7, 11) is 0. The van der Waals surface area contributed by atoms with Gasteiger partial charge in [-0.15, -0.1) is 0 Å². The van der Waals surface area contributed by atoms with Crippen molar-refractivity contribution in [2.75, 3.05) is 0 Å². The molecule has 0 spiro atoms. The van der Waals surface area contributed by atoms with Crippen molar-refractivity contribution in [1.29, 1.82) is 0 Å². The number of hydrogen-bond acceptors (Lipinski definition) is 0. The molecular weight excluding hydrogens is 538 g/mol. The Balaban J connectivity index is 0.00000190. The predicted octanol–water partition coefficient (Wildman–Crippen LogP) is 2.87. The van der Waals surface area contributed by atoms with Crippen molar-refractivity contribution < 1.29 is 30.7 Å². The standard InChI is InChI=1S/C21H25.C8H8.C5H5.2FH.Zr/c1-20(2,3)16-7-9-18-14(12-16)11-15-13-17(21(4,5)6)8-10-19(15)18;1-2-8-6-4-3-5-7-8;1-2-4-5-3-1;;;/h7-13H,1-6H3;1,3-7H,2H2;1-3H,4H2;2*1H;/q;;;;;+2/p-2. The Kier molecular flexibility index (Phi) is 8.91. The van der Waals surface area contributed by atoms with Crippen molar-refractivity contribution in [2.45, 2.75) is 68.8 Å². The smallest absolute Gasteiger partial charge is 1.00 e. The zero-order valence-corrected chi connectivity index (χ0v) is 25.4. The van der Waals surface area contributed by atoms with Crippen LogP contribution < -0.4 is 9.41 Å². The van der Waals surface area contributed by atoms with E-state index in [1.54, 1.807) is 14.4 Å². The van der Waals surface area contributed by atoms with E-state index in [0.29, 0.717) is 3.63 Å². The summed E-state index contributed by atoms with van der Waals surface area (Å²) >= 11 is -2.22. The molecule has 37 heavy (non-hydrogen) atoms. The Labute approximate surface area is 229 Å². The first kappa shape index (κ1) is 29.3. The molecule has 0 N–H and O–H groups in total. The maximum atomic E-state index is 2.79. The van der Waals surface area contributed by atoms with E-state index in [9.17, 15) is 0 Å². The topological polar surface area (TPSA) is 0 Å². The van der Waals surface area contributed by atoms with E-state index in [1.165, 1.54) is 27.8 Å². The molecule has 0 nitrogen and oxygen atoms in total. The van der Waals surface area contributed by atoms with Crippen LogP contribution in [-0.2, 0) is 38.5 Å². The summed E-state index contributed by atoms with van der Waals surface area (Å²) in [6.07, 6.45) is 9.32. The summed E-state index contributed by atoms with van der Waals surface area (Å²) in [5, 5.41) is 0. The summed E-state index contributed by atoms with van der Waals surface area (Å²) in [6.45, 7) is 14.0. The quantitative estimate of drug-likeness (QED) is 0.449. The fraction of sp³-hybridized carbons (Fsp3) is 0.324. The van der Waals surface area contributed by atoms with Gasteiger partial charge in [0.2, 0.25) is 0 Å². The van der Waals surface area contributed by atoms with Gasteiger partial charge in [0, 0.05) is 0 Å². The average Bonchev–Trinajstić information content (AvgIpc) is 3.45. The van der Waals surface area contributed by atoms with Crippen LogP contribution >= 0.6 is 0 Å². The molecule has 0 saturated carbocycles. The van der Waals surface area contributed by atoms with Crippen LogP contribution in [-0.4, -0.2) is 3.71 Å². The van der Waals surface area contributed by atoms with Crippen molar-refractivity contribution >= 4 is 3.71 Å². The van der Waals surface area contributed by atoms with Gasteiger partial charge in [-0.3, -0.25) is 0 Å². The molecular formula is C34H38F2Zr. The summed E-state index contributed by atoms with van der Waals surface area (Å²) in [4.78, 5) is 0.